The predicted octanol–water partition coefficient (Wildman–Crippen LogP) is 3.56. The predicted molar refractivity (Wildman–Crippen MR) is 85.3 cm³/mol. The van der Waals surface area contributed by atoms with Crippen LogP contribution in [0.1, 0.15) is 54.4 Å². The van der Waals surface area contributed by atoms with Crippen LogP contribution in [0.2, 0.25) is 0 Å². The van der Waals surface area contributed by atoms with Crippen molar-refractivity contribution in [1.82, 2.24) is 15.3 Å². The molecule has 0 fully saturated rings. The zero-order chi connectivity index (χ0) is 14.7. The average molecular weight is 281 g/mol. The molecule has 0 radical (unpaired) electrons. The molecule has 2 atom stereocenters. The van der Waals surface area contributed by atoms with E-state index in [1.54, 1.807) is 0 Å². The molecule has 0 saturated carbocycles. The average Bonchev–Trinajstić information content (AvgIpc) is 2.52. The Bertz CT molecular complexity index is 609. The van der Waals surface area contributed by atoms with Crippen LogP contribution in [0.25, 0.3) is 0 Å². The molecule has 2 aromatic heterocycles. The van der Waals surface area contributed by atoms with E-state index < -0.39 is 0 Å². The largest absolute Gasteiger partial charge is 0.308 e. The van der Waals surface area contributed by atoms with Gasteiger partial charge in [0.25, 0.3) is 0 Å². The van der Waals surface area contributed by atoms with Gasteiger partial charge in [-0.25, -0.2) is 0 Å². The van der Waals surface area contributed by atoms with E-state index in [0.29, 0.717) is 5.92 Å². The first-order valence-corrected chi connectivity index (χ1v) is 7.90. The van der Waals surface area contributed by atoms with Crippen LogP contribution in [-0.4, -0.2) is 16.5 Å². The smallest absolute Gasteiger partial charge is 0.0583 e. The van der Waals surface area contributed by atoms with Crippen LogP contribution in [0.5, 0.6) is 0 Å². The molecule has 0 saturated heterocycles. The van der Waals surface area contributed by atoms with Gasteiger partial charge >= 0.3 is 0 Å². The highest BCUT2D eigenvalue weighted by molar-refractivity contribution is 5.30. The Kier molecular flexibility index (Phi) is 4.30. The maximum absolute atomic E-state index is 4.75. The number of hydrogen-bond donors (Lipinski definition) is 1. The normalized spacial score (nSPS) is 19.0. The summed E-state index contributed by atoms with van der Waals surface area (Å²) in [4.78, 5) is 9.43. The number of nitrogens with zero attached hydrogens (tertiary/aromatic N) is 2. The van der Waals surface area contributed by atoms with Crippen molar-refractivity contribution in [3.8, 4) is 0 Å². The quantitative estimate of drug-likeness (QED) is 0.931. The molecular formula is C18H23N3. The summed E-state index contributed by atoms with van der Waals surface area (Å²) in [5.74, 6) is 0.421. The molecule has 3 rings (SSSR count). The second-order valence-corrected chi connectivity index (χ2v) is 5.79. The Hall–Kier alpha value is -1.74. The first kappa shape index (κ1) is 14.2. The maximum atomic E-state index is 4.75. The van der Waals surface area contributed by atoms with Gasteiger partial charge in [0.15, 0.2) is 0 Å². The summed E-state index contributed by atoms with van der Waals surface area (Å²) in [6.45, 7) is 5.16. The fourth-order valence-corrected chi connectivity index (χ4v) is 3.38. The molecular weight excluding hydrogens is 258 g/mol. The van der Waals surface area contributed by atoms with Crippen molar-refractivity contribution in [3.05, 3.63) is 59.2 Å². The summed E-state index contributed by atoms with van der Waals surface area (Å²) in [5.41, 5.74) is 4.88. The maximum Gasteiger partial charge on any atom is 0.0583 e. The van der Waals surface area contributed by atoms with E-state index in [4.69, 9.17) is 4.98 Å². The lowest BCUT2D eigenvalue weighted by molar-refractivity contribution is 0.393. The van der Waals surface area contributed by atoms with Crippen LogP contribution in [0.3, 0.4) is 0 Å². The molecule has 3 heteroatoms. The summed E-state index contributed by atoms with van der Waals surface area (Å²) in [6, 6.07) is 10.8. The summed E-state index contributed by atoms with van der Waals surface area (Å²) in [5, 5.41) is 3.63. The second kappa shape index (κ2) is 6.35. The molecule has 2 heterocycles. The van der Waals surface area contributed by atoms with Crippen molar-refractivity contribution in [3.63, 3.8) is 0 Å². The molecule has 2 unspecified atom stereocenters. The van der Waals surface area contributed by atoms with E-state index in [2.05, 4.69) is 48.4 Å². The fraction of sp³-hybridized carbons (Fsp3) is 0.444. The zero-order valence-corrected chi connectivity index (χ0v) is 12.8. The Morgan fingerprint density at radius 3 is 3.00 bits per heavy atom. The topological polar surface area (TPSA) is 37.8 Å². The summed E-state index contributed by atoms with van der Waals surface area (Å²) in [6.07, 6.45) is 5.48. The third-order valence-corrected chi connectivity index (χ3v) is 4.29. The Balaban J connectivity index is 1.99. The van der Waals surface area contributed by atoms with Crippen LogP contribution < -0.4 is 5.32 Å². The minimum absolute atomic E-state index is 0.254. The number of rotatable bonds is 4. The molecule has 0 bridgehead atoms. The van der Waals surface area contributed by atoms with Crippen molar-refractivity contribution >= 4 is 0 Å². The van der Waals surface area contributed by atoms with Crippen LogP contribution >= 0.6 is 0 Å². The van der Waals surface area contributed by atoms with E-state index in [9.17, 15) is 0 Å². The lowest BCUT2D eigenvalue weighted by Crippen LogP contribution is -2.30. The number of fused-ring (bicyclic) bond motifs is 1. The fourth-order valence-electron chi connectivity index (χ4n) is 3.38. The van der Waals surface area contributed by atoms with Crippen molar-refractivity contribution in [2.24, 2.45) is 0 Å². The molecule has 3 nitrogen and oxygen atoms in total. The second-order valence-electron chi connectivity index (χ2n) is 5.79. The van der Waals surface area contributed by atoms with Gasteiger partial charge in [0.2, 0.25) is 0 Å². The van der Waals surface area contributed by atoms with Crippen molar-refractivity contribution in [1.29, 1.82) is 0 Å². The van der Waals surface area contributed by atoms with Gasteiger partial charge < -0.3 is 5.32 Å². The summed E-state index contributed by atoms with van der Waals surface area (Å²) < 4.78 is 0. The van der Waals surface area contributed by atoms with Gasteiger partial charge in [-0.05, 0) is 56.5 Å². The minimum Gasteiger partial charge on any atom is -0.308 e. The highest BCUT2D eigenvalue weighted by Crippen LogP contribution is 2.38. The SMILES string of the molecule is CCNC(c1cccc(C)n1)C1CCCc2cccnc21. The zero-order valence-electron chi connectivity index (χ0n) is 12.8. The van der Waals surface area contributed by atoms with Gasteiger partial charge in [0.05, 0.1) is 11.7 Å². The van der Waals surface area contributed by atoms with Gasteiger partial charge in [0.1, 0.15) is 0 Å². The molecule has 1 aliphatic carbocycles. The molecule has 0 spiro atoms. The molecule has 0 amide bonds. The Morgan fingerprint density at radius 2 is 2.19 bits per heavy atom. The van der Waals surface area contributed by atoms with Crippen LogP contribution in [-0.2, 0) is 6.42 Å². The van der Waals surface area contributed by atoms with Crippen LogP contribution in [0, 0.1) is 6.92 Å². The van der Waals surface area contributed by atoms with E-state index in [1.165, 1.54) is 24.1 Å². The van der Waals surface area contributed by atoms with Crippen LogP contribution in [0.4, 0.5) is 0 Å². The van der Waals surface area contributed by atoms with Gasteiger partial charge in [-0.2, -0.15) is 0 Å². The van der Waals surface area contributed by atoms with Gasteiger partial charge in [-0.3, -0.25) is 9.97 Å². The lowest BCUT2D eigenvalue weighted by Gasteiger charge is -2.31. The third-order valence-electron chi connectivity index (χ3n) is 4.29. The summed E-state index contributed by atoms with van der Waals surface area (Å²) in [7, 11) is 0. The highest BCUT2D eigenvalue weighted by Gasteiger charge is 2.30. The van der Waals surface area contributed by atoms with E-state index in [1.807, 2.05) is 12.3 Å². The molecule has 0 aromatic carbocycles. The van der Waals surface area contributed by atoms with E-state index in [0.717, 1.165) is 24.4 Å². The molecule has 0 aliphatic heterocycles. The molecule has 2 aromatic rings. The number of hydrogen-bond acceptors (Lipinski definition) is 3. The first-order chi connectivity index (χ1) is 10.3. The van der Waals surface area contributed by atoms with Gasteiger partial charge in [0, 0.05) is 23.5 Å². The Labute approximate surface area is 126 Å². The number of aromatic nitrogens is 2. The standard InChI is InChI=1S/C18H23N3/c1-3-19-18(16-11-4-7-13(2)21-16)15-10-5-8-14-9-6-12-20-17(14)15/h4,6-7,9,11-12,15,18-19H,3,5,8,10H2,1-2H3. The molecule has 110 valence electrons. The molecule has 1 N–H and O–H groups in total. The molecule has 1 aliphatic rings. The summed E-state index contributed by atoms with van der Waals surface area (Å²) >= 11 is 0. The number of pyridine rings is 2. The number of aryl methyl sites for hydroxylation is 2. The third kappa shape index (κ3) is 2.98. The first-order valence-electron chi connectivity index (χ1n) is 7.90. The number of likely N-dealkylation sites (N-methyl/N-ethyl adjacent to an activating group) is 1. The van der Waals surface area contributed by atoms with E-state index >= 15 is 0 Å². The monoisotopic (exact) mass is 281 g/mol. The number of nitrogens with one attached hydrogen (secondary N) is 1. The Morgan fingerprint density at radius 1 is 1.29 bits per heavy atom. The van der Waals surface area contributed by atoms with Gasteiger partial charge in [-0.1, -0.05) is 19.1 Å². The van der Waals surface area contributed by atoms with Crippen LogP contribution in [0.15, 0.2) is 36.5 Å². The highest BCUT2D eigenvalue weighted by atomic mass is 15.0. The lowest BCUT2D eigenvalue weighted by atomic mass is 9.80. The van der Waals surface area contributed by atoms with Crippen molar-refractivity contribution in [2.75, 3.05) is 6.54 Å². The molecule has 21 heavy (non-hydrogen) atoms. The minimum atomic E-state index is 0.254. The van der Waals surface area contributed by atoms with Crippen molar-refractivity contribution < 1.29 is 0 Å². The van der Waals surface area contributed by atoms with Crippen molar-refractivity contribution in [2.45, 2.75) is 45.1 Å². The van der Waals surface area contributed by atoms with E-state index in [-0.39, 0.29) is 6.04 Å². The van der Waals surface area contributed by atoms with Gasteiger partial charge in [-0.15, -0.1) is 0 Å².